The topological polar surface area (TPSA) is 84.5 Å². The summed E-state index contributed by atoms with van der Waals surface area (Å²) in [5.41, 5.74) is 0.802. The van der Waals surface area contributed by atoms with Gasteiger partial charge in [0.25, 0.3) is 11.1 Å². The lowest BCUT2D eigenvalue weighted by molar-refractivity contribution is -0.119. The van der Waals surface area contributed by atoms with Crippen LogP contribution >= 0.6 is 79.4 Å². The van der Waals surface area contributed by atoms with E-state index in [4.69, 9.17) is 16.3 Å². The number of methoxy groups -OCH3 is 1. The Morgan fingerprint density at radius 1 is 1.17 bits per heavy atom. The molecule has 130 valence electrons. The molecule has 0 heterocycles. The average Bonchev–Trinajstić information content (AvgIpc) is 2.49. The van der Waals surface area contributed by atoms with Gasteiger partial charge in [0, 0.05) is 17.2 Å². The SMILES string of the molecule is C=CCNC(=O)c1c(I)c(NC(=O)COC)c(I)c(C(=O)Cl)c1I. The van der Waals surface area contributed by atoms with Crippen molar-refractivity contribution in [2.75, 3.05) is 25.6 Å². The van der Waals surface area contributed by atoms with Gasteiger partial charge in [-0.25, -0.2) is 0 Å². The molecule has 0 spiro atoms. The Morgan fingerprint density at radius 3 is 2.25 bits per heavy atom. The van der Waals surface area contributed by atoms with Gasteiger partial charge >= 0.3 is 0 Å². The first-order valence-corrected chi connectivity index (χ1v) is 9.95. The van der Waals surface area contributed by atoms with Crippen LogP contribution in [0.3, 0.4) is 0 Å². The number of halogens is 4. The lowest BCUT2D eigenvalue weighted by Gasteiger charge is -2.18. The van der Waals surface area contributed by atoms with E-state index in [2.05, 4.69) is 17.2 Å². The van der Waals surface area contributed by atoms with Gasteiger partial charge < -0.3 is 15.4 Å². The fourth-order valence-electron chi connectivity index (χ4n) is 1.71. The van der Waals surface area contributed by atoms with Crippen LogP contribution < -0.4 is 10.6 Å². The van der Waals surface area contributed by atoms with Gasteiger partial charge in [0.2, 0.25) is 5.91 Å². The minimum absolute atomic E-state index is 0.152. The van der Waals surface area contributed by atoms with Crippen LogP contribution in [-0.2, 0) is 9.53 Å². The molecule has 0 saturated carbocycles. The number of hydrogen-bond acceptors (Lipinski definition) is 4. The molecule has 0 aromatic heterocycles. The zero-order valence-corrected chi connectivity index (χ0v) is 19.6. The summed E-state index contributed by atoms with van der Waals surface area (Å²) < 4.78 is 6.18. The highest BCUT2D eigenvalue weighted by Crippen LogP contribution is 2.36. The predicted octanol–water partition coefficient (Wildman–Crippen LogP) is 3.38. The van der Waals surface area contributed by atoms with Crippen LogP contribution in [0.1, 0.15) is 20.7 Å². The highest BCUT2D eigenvalue weighted by molar-refractivity contribution is 14.1. The molecule has 0 fully saturated rings. The molecule has 0 aliphatic heterocycles. The fraction of sp³-hybridized carbons (Fsp3) is 0.214. The quantitative estimate of drug-likeness (QED) is 0.262. The van der Waals surface area contributed by atoms with Crippen molar-refractivity contribution < 1.29 is 19.1 Å². The number of hydrogen-bond donors (Lipinski definition) is 2. The van der Waals surface area contributed by atoms with E-state index >= 15 is 0 Å². The summed E-state index contributed by atoms with van der Waals surface area (Å²) in [6.07, 6.45) is 1.54. The largest absolute Gasteiger partial charge is 0.375 e. The molecule has 0 radical (unpaired) electrons. The summed E-state index contributed by atoms with van der Waals surface area (Å²) >= 11 is 11.5. The zero-order chi connectivity index (χ0) is 18.4. The minimum atomic E-state index is -0.708. The number of amides is 2. The number of carbonyl (C=O) groups is 3. The molecule has 24 heavy (non-hydrogen) atoms. The average molecular weight is 688 g/mol. The van der Waals surface area contributed by atoms with Gasteiger partial charge in [-0.15, -0.1) is 6.58 Å². The number of nitrogens with one attached hydrogen (secondary N) is 2. The van der Waals surface area contributed by atoms with Gasteiger partial charge in [0.05, 0.1) is 24.0 Å². The molecule has 1 rings (SSSR count). The van der Waals surface area contributed by atoms with Crippen LogP contribution in [-0.4, -0.2) is 37.3 Å². The maximum Gasteiger partial charge on any atom is 0.254 e. The van der Waals surface area contributed by atoms with E-state index < -0.39 is 11.1 Å². The van der Waals surface area contributed by atoms with Crippen molar-refractivity contribution >= 4 is 102 Å². The minimum Gasteiger partial charge on any atom is -0.375 e. The third kappa shape index (κ3) is 5.25. The summed E-state index contributed by atoms with van der Waals surface area (Å²) in [7, 11) is 1.39. The van der Waals surface area contributed by atoms with E-state index in [1.54, 1.807) is 6.08 Å². The van der Waals surface area contributed by atoms with Gasteiger partial charge in [-0.05, 0) is 79.4 Å². The normalized spacial score (nSPS) is 10.2. The van der Waals surface area contributed by atoms with Gasteiger partial charge in [0.15, 0.2) is 0 Å². The number of rotatable bonds is 7. The van der Waals surface area contributed by atoms with Crippen molar-refractivity contribution in [3.8, 4) is 0 Å². The fourth-order valence-corrected chi connectivity index (χ4v) is 6.63. The Labute approximate surface area is 184 Å². The lowest BCUT2D eigenvalue weighted by Crippen LogP contribution is -2.28. The Kier molecular flexibility index (Phi) is 9.40. The van der Waals surface area contributed by atoms with E-state index in [1.807, 2.05) is 67.8 Å². The molecule has 0 aliphatic rings. The summed E-state index contributed by atoms with van der Waals surface area (Å²) in [5.74, 6) is -0.790. The van der Waals surface area contributed by atoms with E-state index in [0.29, 0.717) is 16.4 Å². The molecule has 2 amide bonds. The van der Waals surface area contributed by atoms with Crippen molar-refractivity contribution in [1.82, 2.24) is 5.32 Å². The molecule has 1 aromatic rings. The third-order valence-electron chi connectivity index (χ3n) is 2.69. The Morgan fingerprint density at radius 2 is 1.75 bits per heavy atom. The Bertz CT molecular complexity index is 710. The molecular formula is C14H12ClI3N2O4. The second kappa shape index (κ2) is 10.2. The van der Waals surface area contributed by atoms with Crippen LogP contribution in [0.4, 0.5) is 5.69 Å². The standard InChI is InChI=1S/C14H12ClI3N2O4/c1-3-4-19-14(23)8-9(16)7(13(15)22)10(17)12(11(8)18)20-6(21)5-24-2/h3H,1,4-5H2,2H3,(H,19,23)(H,20,21). The number of benzene rings is 1. The molecule has 6 nitrogen and oxygen atoms in total. The highest BCUT2D eigenvalue weighted by atomic mass is 127. The molecule has 0 bridgehead atoms. The second-order valence-electron chi connectivity index (χ2n) is 4.32. The first-order chi connectivity index (χ1) is 11.3. The van der Waals surface area contributed by atoms with Gasteiger partial charge in [-0.2, -0.15) is 0 Å². The summed E-state index contributed by atoms with van der Waals surface area (Å²) in [4.78, 5) is 36.1. The van der Waals surface area contributed by atoms with Crippen LogP contribution in [0.15, 0.2) is 12.7 Å². The van der Waals surface area contributed by atoms with Crippen LogP contribution in [0.25, 0.3) is 0 Å². The molecule has 0 aliphatic carbocycles. The molecule has 1 aromatic carbocycles. The number of anilines is 1. The molecule has 10 heteroatoms. The van der Waals surface area contributed by atoms with Crippen molar-refractivity contribution in [2.24, 2.45) is 0 Å². The summed E-state index contributed by atoms with van der Waals surface area (Å²) in [6, 6.07) is 0. The first kappa shape index (κ1) is 22.1. The second-order valence-corrected chi connectivity index (χ2v) is 7.90. The number of ether oxygens (including phenoxy) is 1. The van der Waals surface area contributed by atoms with Gasteiger partial charge in [0.1, 0.15) is 6.61 Å². The van der Waals surface area contributed by atoms with E-state index in [0.717, 1.165) is 0 Å². The van der Waals surface area contributed by atoms with Gasteiger partial charge in [-0.3, -0.25) is 14.4 Å². The molecule has 0 unspecified atom stereocenters. The molecule has 2 N–H and O–H groups in total. The van der Waals surface area contributed by atoms with Crippen LogP contribution in [0.2, 0.25) is 0 Å². The molecule has 0 saturated heterocycles. The van der Waals surface area contributed by atoms with E-state index in [1.165, 1.54) is 7.11 Å². The first-order valence-electron chi connectivity index (χ1n) is 6.34. The van der Waals surface area contributed by atoms with E-state index in [-0.39, 0.29) is 30.2 Å². The Balaban J connectivity index is 3.55. The maximum absolute atomic E-state index is 12.4. The summed E-state index contributed by atoms with van der Waals surface area (Å²) in [6.45, 7) is 3.66. The van der Waals surface area contributed by atoms with E-state index in [9.17, 15) is 14.4 Å². The van der Waals surface area contributed by atoms with Crippen molar-refractivity contribution in [1.29, 1.82) is 0 Å². The maximum atomic E-state index is 12.4. The smallest absolute Gasteiger partial charge is 0.254 e. The zero-order valence-electron chi connectivity index (χ0n) is 12.3. The molecular weight excluding hydrogens is 676 g/mol. The Hall–Kier alpha value is 0.01000. The lowest BCUT2D eigenvalue weighted by atomic mass is 10.1. The van der Waals surface area contributed by atoms with Crippen molar-refractivity contribution in [3.05, 3.63) is 34.5 Å². The monoisotopic (exact) mass is 688 g/mol. The van der Waals surface area contributed by atoms with Crippen molar-refractivity contribution in [3.63, 3.8) is 0 Å². The highest BCUT2D eigenvalue weighted by Gasteiger charge is 2.27. The van der Waals surface area contributed by atoms with Crippen LogP contribution in [0.5, 0.6) is 0 Å². The summed E-state index contributed by atoms with van der Waals surface area (Å²) in [5, 5.41) is 4.61. The molecule has 0 atom stereocenters. The predicted molar refractivity (Wildman–Crippen MR) is 118 cm³/mol. The van der Waals surface area contributed by atoms with Crippen LogP contribution in [0, 0.1) is 10.7 Å². The van der Waals surface area contributed by atoms with Gasteiger partial charge in [-0.1, -0.05) is 6.08 Å². The number of carbonyl (C=O) groups excluding carboxylic acids is 3. The third-order valence-corrected chi connectivity index (χ3v) is 6.11. The van der Waals surface area contributed by atoms with Crippen molar-refractivity contribution in [2.45, 2.75) is 0 Å².